The number of anilines is 1. The number of carbonyl (C=O) groups excluding carboxylic acids is 3. The zero-order valence-corrected chi connectivity index (χ0v) is 20.6. The van der Waals surface area contributed by atoms with Gasteiger partial charge >= 0.3 is 12.0 Å². The quantitative estimate of drug-likeness (QED) is 0.473. The molecule has 2 aromatic rings. The Hall–Kier alpha value is -3.88. The first-order valence-electron chi connectivity index (χ1n) is 11.7. The zero-order chi connectivity index (χ0) is 25.6. The van der Waals surface area contributed by atoms with Gasteiger partial charge in [0.25, 0.3) is 5.91 Å². The largest absolute Gasteiger partial charge is 0.462 e. The minimum atomic E-state index is -0.814. The average Bonchev–Trinajstić information content (AvgIpc) is 3.01. The number of esters is 1. The van der Waals surface area contributed by atoms with Gasteiger partial charge in [0.1, 0.15) is 5.54 Å². The second-order valence-corrected chi connectivity index (χ2v) is 9.16. The number of benzene rings is 2. The van der Waals surface area contributed by atoms with E-state index >= 15 is 0 Å². The number of nitrogens with one attached hydrogen (secondary N) is 2. The first kappa shape index (κ1) is 25.7. The summed E-state index contributed by atoms with van der Waals surface area (Å²) in [4.78, 5) is 43.0. The second kappa shape index (κ2) is 11.0. The lowest BCUT2D eigenvalue weighted by Gasteiger charge is -2.23. The van der Waals surface area contributed by atoms with Crippen LogP contribution in [-0.2, 0) is 22.6 Å². The molecule has 35 heavy (non-hydrogen) atoms. The van der Waals surface area contributed by atoms with Gasteiger partial charge in [-0.1, -0.05) is 44.2 Å². The summed E-state index contributed by atoms with van der Waals surface area (Å²) >= 11 is 0. The van der Waals surface area contributed by atoms with Crippen LogP contribution in [0.3, 0.4) is 0 Å². The van der Waals surface area contributed by atoms with Crippen LogP contribution in [-0.4, -0.2) is 40.9 Å². The molecule has 9 nitrogen and oxygen atoms in total. The van der Waals surface area contributed by atoms with Crippen LogP contribution in [0.1, 0.15) is 55.6 Å². The third-order valence-electron chi connectivity index (χ3n) is 5.60. The van der Waals surface area contributed by atoms with Crippen molar-refractivity contribution >= 4 is 29.6 Å². The van der Waals surface area contributed by atoms with Gasteiger partial charge in [-0.25, -0.2) is 14.6 Å². The summed E-state index contributed by atoms with van der Waals surface area (Å²) in [5, 5.41) is 5.50. The second-order valence-electron chi connectivity index (χ2n) is 9.16. The highest BCUT2D eigenvalue weighted by atomic mass is 16.5. The van der Waals surface area contributed by atoms with Gasteiger partial charge in [0, 0.05) is 12.2 Å². The normalized spacial score (nSPS) is 17.3. The Morgan fingerprint density at radius 3 is 2.49 bits per heavy atom. The van der Waals surface area contributed by atoms with Crippen molar-refractivity contribution in [3.8, 4) is 0 Å². The molecule has 3 rings (SSSR count). The smallest absolute Gasteiger partial charge is 0.338 e. The van der Waals surface area contributed by atoms with Crippen LogP contribution in [0.5, 0.6) is 0 Å². The Morgan fingerprint density at radius 1 is 1.14 bits per heavy atom. The van der Waals surface area contributed by atoms with Gasteiger partial charge in [0.15, 0.2) is 5.96 Å². The van der Waals surface area contributed by atoms with Crippen LogP contribution < -0.4 is 16.4 Å². The van der Waals surface area contributed by atoms with Crippen LogP contribution in [0.15, 0.2) is 53.5 Å². The third-order valence-corrected chi connectivity index (χ3v) is 5.60. The van der Waals surface area contributed by atoms with Crippen molar-refractivity contribution in [1.82, 2.24) is 10.2 Å². The van der Waals surface area contributed by atoms with E-state index in [4.69, 9.17) is 10.5 Å². The zero-order valence-electron chi connectivity index (χ0n) is 20.6. The van der Waals surface area contributed by atoms with E-state index in [9.17, 15) is 14.4 Å². The Morgan fingerprint density at radius 2 is 1.83 bits per heavy atom. The summed E-state index contributed by atoms with van der Waals surface area (Å²) < 4.78 is 4.98. The third kappa shape index (κ3) is 6.59. The van der Waals surface area contributed by atoms with E-state index < -0.39 is 17.5 Å². The SMILES string of the molecule is CCOC(=O)c1cccc(NC(=O)NCc2ccc(CN3C(=O)C(C)(CC(C)C)N=C3N)cc2)c1. The maximum atomic E-state index is 12.9. The molecule has 1 aliphatic rings. The molecule has 186 valence electrons. The van der Waals surface area contributed by atoms with Gasteiger partial charge in [-0.3, -0.25) is 9.69 Å². The number of urea groups is 1. The van der Waals surface area contributed by atoms with Gasteiger partial charge in [-0.05, 0) is 55.5 Å². The van der Waals surface area contributed by atoms with Crippen molar-refractivity contribution in [2.45, 2.75) is 52.7 Å². The molecular formula is C26H33N5O4. The van der Waals surface area contributed by atoms with Crippen molar-refractivity contribution in [1.29, 1.82) is 0 Å². The Balaban J connectivity index is 1.53. The van der Waals surface area contributed by atoms with Crippen molar-refractivity contribution in [2.24, 2.45) is 16.6 Å². The summed E-state index contributed by atoms with van der Waals surface area (Å²) in [5.41, 5.74) is 7.90. The molecule has 1 heterocycles. The lowest BCUT2D eigenvalue weighted by molar-refractivity contribution is -0.131. The van der Waals surface area contributed by atoms with E-state index in [0.29, 0.717) is 36.7 Å². The molecule has 1 atom stereocenters. The number of hydrogen-bond acceptors (Lipinski definition) is 6. The van der Waals surface area contributed by atoms with E-state index in [1.54, 1.807) is 31.2 Å². The Kier molecular flexibility index (Phi) is 8.11. The van der Waals surface area contributed by atoms with Gasteiger partial charge in [0.2, 0.25) is 0 Å². The van der Waals surface area contributed by atoms with Crippen LogP contribution in [0, 0.1) is 5.92 Å². The molecule has 2 aromatic carbocycles. The highest BCUT2D eigenvalue weighted by molar-refractivity contribution is 6.06. The van der Waals surface area contributed by atoms with E-state index in [-0.39, 0.29) is 18.5 Å². The molecule has 3 amide bonds. The van der Waals surface area contributed by atoms with Crippen molar-refractivity contribution in [3.05, 3.63) is 65.2 Å². The highest BCUT2D eigenvalue weighted by Crippen LogP contribution is 2.29. The summed E-state index contributed by atoms with van der Waals surface area (Å²) in [6.45, 7) is 8.60. The predicted molar refractivity (Wildman–Crippen MR) is 135 cm³/mol. The van der Waals surface area contributed by atoms with Gasteiger partial charge in [-0.15, -0.1) is 0 Å². The lowest BCUT2D eigenvalue weighted by Crippen LogP contribution is -2.43. The van der Waals surface area contributed by atoms with E-state index in [1.807, 2.05) is 31.2 Å². The molecule has 0 saturated heterocycles. The summed E-state index contributed by atoms with van der Waals surface area (Å²) in [5.74, 6) is 0.0431. The molecule has 0 aliphatic carbocycles. The van der Waals surface area contributed by atoms with Crippen LogP contribution >= 0.6 is 0 Å². The molecule has 0 radical (unpaired) electrons. The number of hydrogen-bond donors (Lipinski definition) is 3. The van der Waals surface area contributed by atoms with Crippen LogP contribution in [0.2, 0.25) is 0 Å². The van der Waals surface area contributed by atoms with Crippen molar-refractivity contribution in [2.75, 3.05) is 11.9 Å². The van der Waals surface area contributed by atoms with Crippen molar-refractivity contribution in [3.63, 3.8) is 0 Å². The van der Waals surface area contributed by atoms with Gasteiger partial charge in [-0.2, -0.15) is 0 Å². The molecule has 0 spiro atoms. The fourth-order valence-corrected chi connectivity index (χ4v) is 4.08. The fraction of sp³-hybridized carbons (Fsp3) is 0.385. The summed E-state index contributed by atoms with van der Waals surface area (Å²) in [6.07, 6.45) is 0.642. The van der Waals surface area contributed by atoms with Crippen LogP contribution in [0.4, 0.5) is 10.5 Å². The van der Waals surface area contributed by atoms with E-state index in [1.165, 1.54) is 4.90 Å². The lowest BCUT2D eigenvalue weighted by atomic mass is 9.91. The highest BCUT2D eigenvalue weighted by Gasteiger charge is 2.43. The molecule has 0 fully saturated rings. The maximum absolute atomic E-state index is 12.9. The van der Waals surface area contributed by atoms with E-state index in [2.05, 4.69) is 29.5 Å². The molecular weight excluding hydrogens is 446 g/mol. The molecule has 4 N–H and O–H groups in total. The molecule has 9 heteroatoms. The Labute approximate surface area is 205 Å². The number of guanidine groups is 1. The van der Waals surface area contributed by atoms with Crippen LogP contribution in [0.25, 0.3) is 0 Å². The maximum Gasteiger partial charge on any atom is 0.338 e. The topological polar surface area (TPSA) is 126 Å². The predicted octanol–water partition coefficient (Wildman–Crippen LogP) is 3.65. The number of carbonyl (C=O) groups is 3. The fourth-order valence-electron chi connectivity index (χ4n) is 4.08. The summed E-state index contributed by atoms with van der Waals surface area (Å²) in [7, 11) is 0. The minimum absolute atomic E-state index is 0.0851. The number of ether oxygens (including phenoxy) is 1. The van der Waals surface area contributed by atoms with Gasteiger partial charge < -0.3 is 21.1 Å². The number of aliphatic imine (C=N–C) groups is 1. The number of nitrogens with two attached hydrogens (primary N) is 1. The molecule has 0 bridgehead atoms. The first-order valence-corrected chi connectivity index (χ1v) is 11.7. The number of amides is 3. The molecule has 1 aliphatic heterocycles. The Bertz CT molecular complexity index is 1110. The van der Waals surface area contributed by atoms with E-state index in [0.717, 1.165) is 11.1 Å². The van der Waals surface area contributed by atoms with Gasteiger partial charge in [0.05, 0.1) is 18.7 Å². The number of rotatable bonds is 9. The number of nitrogens with zero attached hydrogens (tertiary/aromatic N) is 2. The summed E-state index contributed by atoms with van der Waals surface area (Å²) in [6, 6.07) is 13.7. The molecule has 0 saturated carbocycles. The standard InChI is InChI=1S/C26H33N5O4/c1-5-35-22(32)20-7-6-8-21(13-20)29-25(34)28-15-18-9-11-19(12-10-18)16-31-23(33)26(4,14-17(2)3)30-24(31)27/h6-13,17H,5,14-16H2,1-4H3,(H2,27,30)(H2,28,29,34). The minimum Gasteiger partial charge on any atom is -0.462 e. The molecule has 1 unspecified atom stereocenters. The average molecular weight is 480 g/mol. The molecule has 0 aromatic heterocycles. The monoisotopic (exact) mass is 479 g/mol. The van der Waals surface area contributed by atoms with Crippen molar-refractivity contribution < 1.29 is 19.1 Å². The first-order chi connectivity index (χ1) is 16.6.